The van der Waals surface area contributed by atoms with Crippen molar-refractivity contribution in [3.05, 3.63) is 38.0 Å². The molecule has 20 heavy (non-hydrogen) atoms. The summed E-state index contributed by atoms with van der Waals surface area (Å²) in [6, 6.07) is 0. The van der Waals surface area contributed by atoms with Crippen molar-refractivity contribution in [2.45, 2.75) is 36.3 Å². The zero-order valence-electron chi connectivity index (χ0n) is 11.8. The van der Waals surface area contributed by atoms with Gasteiger partial charge in [-0.15, -0.1) is 19.7 Å². The van der Waals surface area contributed by atoms with Crippen molar-refractivity contribution in [1.29, 1.82) is 0 Å². The summed E-state index contributed by atoms with van der Waals surface area (Å²) in [5.41, 5.74) is -3.75. The van der Waals surface area contributed by atoms with E-state index < -0.39 is 23.4 Å². The first-order valence-electron chi connectivity index (χ1n) is 6.71. The van der Waals surface area contributed by atoms with Gasteiger partial charge in [-0.1, -0.05) is 18.2 Å². The third-order valence-electron chi connectivity index (χ3n) is 4.01. The molecular weight excluding hydrogens is 258 g/mol. The van der Waals surface area contributed by atoms with Crippen LogP contribution in [0.5, 0.6) is 0 Å². The van der Waals surface area contributed by atoms with E-state index in [-0.39, 0.29) is 25.9 Å². The van der Waals surface area contributed by atoms with Crippen molar-refractivity contribution >= 4 is 0 Å². The number of β-amino-alcohol motifs (C(OH)–C–C–N with tert-alkyl or cyclic N) is 2. The second kappa shape index (κ2) is 6.65. The lowest BCUT2D eigenvalue weighted by Gasteiger charge is -2.46. The highest BCUT2D eigenvalue weighted by Gasteiger charge is 2.58. The van der Waals surface area contributed by atoms with E-state index in [4.69, 9.17) is 0 Å². The summed E-state index contributed by atoms with van der Waals surface area (Å²) < 4.78 is 0. The molecule has 1 rings (SSSR count). The molecule has 0 aromatic carbocycles. The molecule has 1 saturated heterocycles. The third-order valence-corrected chi connectivity index (χ3v) is 4.01. The van der Waals surface area contributed by atoms with Gasteiger partial charge in [0.1, 0.15) is 11.2 Å². The SMILES string of the molecule is C=CCN1C[C@H](O)[C@](O)(CC=C)[C@@](O)(CC=C)[C@@H](O)C1. The lowest BCUT2D eigenvalue weighted by Crippen LogP contribution is -2.66. The molecule has 1 fully saturated rings. The van der Waals surface area contributed by atoms with E-state index in [9.17, 15) is 20.4 Å². The molecule has 0 saturated carbocycles. The van der Waals surface area contributed by atoms with Gasteiger partial charge in [0, 0.05) is 19.6 Å². The van der Waals surface area contributed by atoms with Crippen LogP contribution in [0.2, 0.25) is 0 Å². The maximum absolute atomic E-state index is 10.8. The smallest absolute Gasteiger partial charge is 0.127 e. The van der Waals surface area contributed by atoms with Crippen molar-refractivity contribution in [2.24, 2.45) is 0 Å². The fourth-order valence-corrected chi connectivity index (χ4v) is 2.84. The zero-order valence-corrected chi connectivity index (χ0v) is 11.8. The van der Waals surface area contributed by atoms with Crippen LogP contribution in [-0.2, 0) is 0 Å². The lowest BCUT2D eigenvalue weighted by atomic mass is 9.72. The van der Waals surface area contributed by atoms with Gasteiger partial charge in [-0.25, -0.2) is 0 Å². The monoisotopic (exact) mass is 283 g/mol. The van der Waals surface area contributed by atoms with Crippen molar-refractivity contribution < 1.29 is 20.4 Å². The minimum absolute atomic E-state index is 0.0303. The van der Waals surface area contributed by atoms with Crippen molar-refractivity contribution in [3.63, 3.8) is 0 Å². The van der Waals surface area contributed by atoms with Gasteiger partial charge in [-0.2, -0.15) is 0 Å². The molecule has 5 nitrogen and oxygen atoms in total. The van der Waals surface area contributed by atoms with Gasteiger partial charge in [0.2, 0.25) is 0 Å². The Morgan fingerprint density at radius 3 is 1.60 bits per heavy atom. The summed E-state index contributed by atoms with van der Waals surface area (Å²) in [6.45, 7) is 11.4. The summed E-state index contributed by atoms with van der Waals surface area (Å²) in [4.78, 5) is 1.73. The maximum Gasteiger partial charge on any atom is 0.127 e. The van der Waals surface area contributed by atoms with E-state index in [0.29, 0.717) is 6.54 Å². The Labute approximate surface area is 120 Å². The molecule has 4 N–H and O–H groups in total. The van der Waals surface area contributed by atoms with Crippen molar-refractivity contribution in [1.82, 2.24) is 4.90 Å². The number of hydrogen-bond acceptors (Lipinski definition) is 5. The van der Waals surface area contributed by atoms with Gasteiger partial charge in [0.15, 0.2) is 0 Å². The van der Waals surface area contributed by atoms with Crippen LogP contribution in [0.3, 0.4) is 0 Å². The molecule has 0 aromatic rings. The van der Waals surface area contributed by atoms with Crippen molar-refractivity contribution in [2.75, 3.05) is 19.6 Å². The molecule has 0 aliphatic carbocycles. The number of rotatable bonds is 6. The Kier molecular flexibility index (Phi) is 5.68. The van der Waals surface area contributed by atoms with Crippen LogP contribution in [0.1, 0.15) is 12.8 Å². The predicted molar refractivity (Wildman–Crippen MR) is 78.2 cm³/mol. The summed E-state index contributed by atoms with van der Waals surface area (Å²) in [5, 5.41) is 42.3. The Morgan fingerprint density at radius 2 is 1.30 bits per heavy atom. The van der Waals surface area contributed by atoms with E-state index in [1.165, 1.54) is 12.2 Å². The van der Waals surface area contributed by atoms with Crippen LogP contribution in [0, 0.1) is 0 Å². The minimum Gasteiger partial charge on any atom is -0.389 e. The van der Waals surface area contributed by atoms with Crippen LogP contribution >= 0.6 is 0 Å². The number of likely N-dealkylation sites (tertiary alicyclic amines) is 1. The van der Waals surface area contributed by atoms with Crippen LogP contribution in [0.4, 0.5) is 0 Å². The number of hydrogen-bond donors (Lipinski definition) is 4. The summed E-state index contributed by atoms with van der Waals surface area (Å²) in [5.74, 6) is 0. The molecule has 0 radical (unpaired) electrons. The van der Waals surface area contributed by atoms with E-state index in [2.05, 4.69) is 19.7 Å². The molecule has 114 valence electrons. The van der Waals surface area contributed by atoms with Gasteiger partial charge in [0.05, 0.1) is 12.2 Å². The fraction of sp³-hybridized carbons (Fsp3) is 0.600. The second-order valence-electron chi connectivity index (χ2n) is 5.37. The summed E-state index contributed by atoms with van der Waals surface area (Å²) in [6.07, 6.45) is 1.99. The molecule has 0 aromatic heterocycles. The van der Waals surface area contributed by atoms with Gasteiger partial charge < -0.3 is 20.4 Å². The van der Waals surface area contributed by atoms with E-state index in [1.54, 1.807) is 11.0 Å². The molecule has 1 heterocycles. The first-order chi connectivity index (χ1) is 9.35. The highest BCUT2D eigenvalue weighted by atomic mass is 16.4. The average Bonchev–Trinajstić information content (AvgIpc) is 2.43. The standard InChI is InChI=1S/C15H25NO4/c1-4-7-14(19)12(17)10-16(9-6-3)11-13(18)15(14,20)8-5-2/h4-6,12-13,17-20H,1-3,7-11H2/t12-,13-,14+,15+/m0/s1. The van der Waals surface area contributed by atoms with Gasteiger partial charge in [-0.05, 0) is 12.8 Å². The highest BCUT2D eigenvalue weighted by molar-refractivity contribution is 5.15. The Hall–Kier alpha value is -0.980. The Morgan fingerprint density at radius 1 is 0.900 bits per heavy atom. The molecule has 4 atom stereocenters. The summed E-state index contributed by atoms with van der Waals surface area (Å²) >= 11 is 0. The number of aliphatic hydroxyl groups excluding tert-OH is 2. The van der Waals surface area contributed by atoms with Crippen molar-refractivity contribution in [3.8, 4) is 0 Å². The second-order valence-corrected chi connectivity index (χ2v) is 5.37. The molecule has 0 bridgehead atoms. The van der Waals surface area contributed by atoms with Crippen LogP contribution in [-0.4, -0.2) is 68.4 Å². The molecule has 1 aliphatic heterocycles. The summed E-state index contributed by atoms with van der Waals surface area (Å²) in [7, 11) is 0. The zero-order chi connectivity index (χ0) is 15.4. The van der Waals surface area contributed by atoms with Crippen LogP contribution in [0.15, 0.2) is 38.0 Å². The lowest BCUT2D eigenvalue weighted by molar-refractivity contribution is -0.226. The molecule has 0 spiro atoms. The van der Waals surface area contributed by atoms with E-state index in [1.807, 2.05) is 0 Å². The van der Waals surface area contributed by atoms with Gasteiger partial charge in [-0.3, -0.25) is 4.90 Å². The normalized spacial score (nSPS) is 39.0. The Balaban J connectivity index is 3.23. The molecule has 0 amide bonds. The van der Waals surface area contributed by atoms with Gasteiger partial charge in [0.25, 0.3) is 0 Å². The molecule has 0 unspecified atom stereocenters. The fourth-order valence-electron chi connectivity index (χ4n) is 2.84. The highest BCUT2D eigenvalue weighted by Crippen LogP contribution is 2.38. The first-order valence-corrected chi connectivity index (χ1v) is 6.71. The van der Waals surface area contributed by atoms with Crippen LogP contribution in [0.25, 0.3) is 0 Å². The maximum atomic E-state index is 10.8. The molecular formula is C15H25NO4. The van der Waals surface area contributed by atoms with E-state index >= 15 is 0 Å². The first kappa shape index (κ1) is 17.1. The average molecular weight is 283 g/mol. The third kappa shape index (κ3) is 2.87. The number of nitrogens with zero attached hydrogens (tertiary/aromatic N) is 1. The molecule has 1 aliphatic rings. The quantitative estimate of drug-likeness (QED) is 0.508. The Bertz CT molecular complexity index is 343. The molecule has 5 heteroatoms. The topological polar surface area (TPSA) is 84.2 Å². The number of aliphatic hydroxyl groups is 4. The van der Waals surface area contributed by atoms with Crippen LogP contribution < -0.4 is 0 Å². The minimum atomic E-state index is -1.88. The largest absolute Gasteiger partial charge is 0.389 e. The predicted octanol–water partition coefficient (Wildman–Crippen LogP) is -0.176. The van der Waals surface area contributed by atoms with Gasteiger partial charge >= 0.3 is 0 Å². The van der Waals surface area contributed by atoms with E-state index in [0.717, 1.165) is 0 Å².